The predicted octanol–water partition coefficient (Wildman–Crippen LogP) is 5.40. The molecule has 36 heavy (non-hydrogen) atoms. The molecule has 182 valence electrons. The van der Waals surface area contributed by atoms with Gasteiger partial charge in [0.1, 0.15) is 5.84 Å². The van der Waals surface area contributed by atoms with Crippen LogP contribution in [0.4, 0.5) is 5.69 Å². The molecule has 1 aliphatic heterocycles. The van der Waals surface area contributed by atoms with E-state index in [1.807, 2.05) is 54.6 Å². The van der Waals surface area contributed by atoms with Crippen molar-refractivity contribution in [1.82, 2.24) is 9.71 Å². The Balaban J connectivity index is 1.38. The fourth-order valence-corrected chi connectivity index (χ4v) is 5.30. The second kappa shape index (κ2) is 10.3. The Hall–Kier alpha value is -4.04. The first-order valence-corrected chi connectivity index (χ1v) is 13.4. The van der Waals surface area contributed by atoms with Crippen LogP contribution in [0.1, 0.15) is 36.0 Å². The third-order valence-electron chi connectivity index (χ3n) is 6.08. The first kappa shape index (κ1) is 23.7. The molecule has 7 nitrogen and oxygen atoms in total. The number of hydrogen-bond acceptors (Lipinski definition) is 5. The quantitative estimate of drug-likeness (QED) is 0.384. The van der Waals surface area contributed by atoms with E-state index in [4.69, 9.17) is 4.98 Å². The lowest BCUT2D eigenvalue weighted by atomic mass is 10.0. The number of carbonyl (C=O) groups excluding carboxylic acids is 1. The van der Waals surface area contributed by atoms with Crippen molar-refractivity contribution >= 4 is 38.4 Å². The van der Waals surface area contributed by atoms with E-state index in [1.54, 1.807) is 18.2 Å². The second-order valence-electron chi connectivity index (χ2n) is 8.66. The highest BCUT2D eigenvalue weighted by molar-refractivity contribution is 7.90. The van der Waals surface area contributed by atoms with Crippen LogP contribution in [0, 0.1) is 0 Å². The van der Waals surface area contributed by atoms with Crippen LogP contribution in [0.3, 0.4) is 0 Å². The van der Waals surface area contributed by atoms with Crippen LogP contribution in [-0.2, 0) is 10.0 Å². The molecule has 8 heteroatoms. The number of pyridine rings is 1. The number of anilines is 1. The van der Waals surface area contributed by atoms with E-state index >= 15 is 0 Å². The van der Waals surface area contributed by atoms with E-state index in [2.05, 4.69) is 15.0 Å². The molecule has 0 atom stereocenters. The average molecular weight is 499 g/mol. The van der Waals surface area contributed by atoms with E-state index < -0.39 is 10.0 Å². The molecule has 4 aromatic rings. The number of rotatable bonds is 5. The van der Waals surface area contributed by atoms with E-state index in [0.29, 0.717) is 35.7 Å². The lowest BCUT2D eigenvalue weighted by Crippen LogP contribution is -2.30. The van der Waals surface area contributed by atoms with Gasteiger partial charge in [-0.3, -0.25) is 14.5 Å². The number of aliphatic imine (C=N–C) groups is 1. The molecule has 2 N–H and O–H groups in total. The number of amidine groups is 1. The van der Waals surface area contributed by atoms with Gasteiger partial charge in [-0.15, -0.1) is 0 Å². The van der Waals surface area contributed by atoms with Crippen LogP contribution >= 0.6 is 0 Å². The molecule has 0 bridgehead atoms. The fourth-order valence-electron chi connectivity index (χ4n) is 4.21. The molecule has 1 aromatic heterocycles. The zero-order valence-electron chi connectivity index (χ0n) is 19.6. The van der Waals surface area contributed by atoms with Gasteiger partial charge in [-0.1, -0.05) is 55.0 Å². The van der Waals surface area contributed by atoms with Gasteiger partial charge in [0.05, 0.1) is 21.7 Å². The molecule has 0 unspecified atom stereocenters. The van der Waals surface area contributed by atoms with E-state index in [-0.39, 0.29) is 10.8 Å². The van der Waals surface area contributed by atoms with Gasteiger partial charge in [-0.25, -0.2) is 13.4 Å². The summed E-state index contributed by atoms with van der Waals surface area (Å²) >= 11 is 0. The summed E-state index contributed by atoms with van der Waals surface area (Å²) in [6.45, 7) is 0.637. The highest BCUT2D eigenvalue weighted by Gasteiger charge is 2.18. The van der Waals surface area contributed by atoms with Crippen molar-refractivity contribution in [2.45, 2.75) is 30.6 Å². The van der Waals surface area contributed by atoms with Gasteiger partial charge < -0.3 is 5.32 Å². The summed E-state index contributed by atoms with van der Waals surface area (Å²) in [5.74, 6) is 0.205. The SMILES string of the molecule is O=C(Nc1ccc(S(=O)(=O)NC2=NCCCCC2)cc1)c1cc(-c2ccccc2)nc2ccccc12. The lowest BCUT2D eigenvalue weighted by molar-refractivity contribution is 0.102. The molecule has 0 spiro atoms. The molecular formula is C28H26N4O3S. The van der Waals surface area contributed by atoms with Gasteiger partial charge in [-0.05, 0) is 49.2 Å². The standard InChI is InChI=1S/C28H26N4O3S/c33-28(24-19-26(20-9-3-1-4-10-20)31-25-12-7-6-11-23(24)25)30-21-14-16-22(17-15-21)36(34,35)32-27-13-5-2-8-18-29-27/h1,3-4,6-7,9-12,14-17,19H,2,5,8,13,18H2,(H,29,32)(H,30,33). The fraction of sp³-hybridized carbons (Fsp3) is 0.179. The number of fused-ring (bicyclic) bond motifs is 1. The number of nitrogens with zero attached hydrogens (tertiary/aromatic N) is 2. The number of carbonyl (C=O) groups is 1. The third-order valence-corrected chi connectivity index (χ3v) is 7.48. The van der Waals surface area contributed by atoms with Gasteiger partial charge in [0.25, 0.3) is 15.9 Å². The Morgan fingerprint density at radius 3 is 2.39 bits per heavy atom. The zero-order chi connectivity index (χ0) is 25.0. The van der Waals surface area contributed by atoms with E-state index in [1.165, 1.54) is 12.1 Å². The van der Waals surface area contributed by atoms with Crippen molar-refractivity contribution in [3.8, 4) is 11.3 Å². The maximum absolute atomic E-state index is 13.3. The monoisotopic (exact) mass is 498 g/mol. The Labute approximate surface area is 210 Å². The number of hydrogen-bond donors (Lipinski definition) is 2. The van der Waals surface area contributed by atoms with Crippen LogP contribution in [-0.4, -0.2) is 31.7 Å². The molecule has 0 aliphatic carbocycles. The first-order chi connectivity index (χ1) is 17.5. The molecule has 1 aliphatic rings. The summed E-state index contributed by atoms with van der Waals surface area (Å²) in [5.41, 5.74) is 3.32. The number of nitrogens with one attached hydrogen (secondary N) is 2. The summed E-state index contributed by atoms with van der Waals surface area (Å²) in [4.78, 5) is 22.5. The highest BCUT2D eigenvalue weighted by atomic mass is 32.2. The zero-order valence-corrected chi connectivity index (χ0v) is 20.5. The topological polar surface area (TPSA) is 101 Å². The number of amides is 1. The average Bonchev–Trinajstić information content (AvgIpc) is 3.17. The molecule has 5 rings (SSSR count). The molecule has 1 amide bonds. The van der Waals surface area contributed by atoms with Gasteiger partial charge in [0.15, 0.2) is 0 Å². The van der Waals surface area contributed by atoms with Crippen molar-refractivity contribution in [2.24, 2.45) is 4.99 Å². The van der Waals surface area contributed by atoms with Gasteiger partial charge in [-0.2, -0.15) is 0 Å². The number of aromatic nitrogens is 1. The molecule has 0 saturated carbocycles. The Morgan fingerprint density at radius 2 is 1.58 bits per heavy atom. The smallest absolute Gasteiger partial charge is 0.262 e. The van der Waals surface area contributed by atoms with Crippen LogP contribution in [0.15, 0.2) is 94.8 Å². The van der Waals surface area contributed by atoms with Gasteiger partial charge >= 0.3 is 0 Å². The molecule has 0 radical (unpaired) electrons. The molecule has 0 fully saturated rings. The Morgan fingerprint density at radius 1 is 0.833 bits per heavy atom. The lowest BCUT2D eigenvalue weighted by Gasteiger charge is -2.12. The van der Waals surface area contributed by atoms with Crippen LogP contribution < -0.4 is 10.0 Å². The molecule has 0 saturated heterocycles. The summed E-state index contributed by atoms with van der Waals surface area (Å²) in [7, 11) is -3.74. The predicted molar refractivity (Wildman–Crippen MR) is 143 cm³/mol. The number of para-hydroxylation sites is 1. The summed E-state index contributed by atoms with van der Waals surface area (Å²) in [6, 6.07) is 25.1. The second-order valence-corrected chi connectivity index (χ2v) is 10.3. The third kappa shape index (κ3) is 5.28. The van der Waals surface area contributed by atoms with Crippen molar-refractivity contribution in [3.63, 3.8) is 0 Å². The number of benzene rings is 3. The highest BCUT2D eigenvalue weighted by Crippen LogP contribution is 2.26. The first-order valence-electron chi connectivity index (χ1n) is 11.9. The van der Waals surface area contributed by atoms with Crippen molar-refractivity contribution in [2.75, 3.05) is 11.9 Å². The molecular weight excluding hydrogens is 472 g/mol. The molecule has 2 heterocycles. The summed E-state index contributed by atoms with van der Waals surface area (Å²) in [6.07, 6.45) is 3.56. The maximum atomic E-state index is 13.3. The minimum Gasteiger partial charge on any atom is -0.322 e. The summed E-state index contributed by atoms with van der Waals surface area (Å²) < 4.78 is 28.2. The van der Waals surface area contributed by atoms with Gasteiger partial charge in [0, 0.05) is 29.6 Å². The van der Waals surface area contributed by atoms with Crippen molar-refractivity contribution in [1.29, 1.82) is 0 Å². The number of sulfonamides is 1. The van der Waals surface area contributed by atoms with Gasteiger partial charge in [0.2, 0.25) is 0 Å². The van der Waals surface area contributed by atoms with Crippen LogP contribution in [0.5, 0.6) is 0 Å². The Bertz CT molecular complexity index is 1530. The largest absolute Gasteiger partial charge is 0.322 e. The minimum atomic E-state index is -3.74. The normalized spacial score (nSPS) is 14.1. The maximum Gasteiger partial charge on any atom is 0.262 e. The van der Waals surface area contributed by atoms with Crippen LogP contribution in [0.25, 0.3) is 22.2 Å². The van der Waals surface area contributed by atoms with Crippen molar-refractivity contribution < 1.29 is 13.2 Å². The minimum absolute atomic E-state index is 0.119. The van der Waals surface area contributed by atoms with E-state index in [0.717, 1.165) is 35.7 Å². The van der Waals surface area contributed by atoms with Crippen molar-refractivity contribution in [3.05, 3.63) is 90.5 Å². The summed E-state index contributed by atoms with van der Waals surface area (Å²) in [5, 5.41) is 3.63. The van der Waals surface area contributed by atoms with E-state index in [9.17, 15) is 13.2 Å². The van der Waals surface area contributed by atoms with Crippen LogP contribution in [0.2, 0.25) is 0 Å². The molecule has 3 aromatic carbocycles. The Kier molecular flexibility index (Phi) is 6.77.